The molecule has 3 aromatic rings. The molecule has 3 rings (SSSR count). The van der Waals surface area contributed by atoms with Gasteiger partial charge >= 0.3 is 0 Å². The van der Waals surface area contributed by atoms with Crippen LogP contribution in [0, 0.1) is 5.92 Å². The fraction of sp³-hybridized carbons (Fsp3) is 0.167. The number of hydrogen-bond donors (Lipinski definition) is 2. The smallest absolute Gasteiger partial charge is 0.0994 e. The van der Waals surface area contributed by atoms with Crippen molar-refractivity contribution in [3.63, 3.8) is 0 Å². The number of allylic oxidation sites excluding steroid dienone is 4. The second-order valence-electron chi connectivity index (χ2n) is 6.85. The Bertz CT molecular complexity index is 1040. The Kier molecular flexibility index (Phi) is 6.61. The molecule has 0 bridgehead atoms. The first-order valence-corrected chi connectivity index (χ1v) is 10.6. The molecule has 0 saturated heterocycles. The largest absolute Gasteiger partial charge is 0.398 e. The summed E-state index contributed by atoms with van der Waals surface area (Å²) in [5, 5.41) is 4.70. The molecule has 0 radical (unpaired) electrons. The van der Waals surface area contributed by atoms with Gasteiger partial charge in [-0.25, -0.2) is 0 Å². The highest BCUT2D eigenvalue weighted by Gasteiger charge is 2.14. The molecule has 1 heterocycles. The zero-order chi connectivity index (χ0) is 20.1. The Balaban J connectivity index is 2.26. The third kappa shape index (κ3) is 4.67. The molecule has 4 heteroatoms. The highest BCUT2D eigenvalue weighted by atomic mass is 35.5. The summed E-state index contributed by atoms with van der Waals surface area (Å²) < 4.78 is 0. The maximum atomic E-state index is 6.45. The molecule has 0 spiro atoms. The normalized spacial score (nSPS) is 14.8. The van der Waals surface area contributed by atoms with Crippen molar-refractivity contribution in [3.05, 3.63) is 93.3 Å². The summed E-state index contributed by atoms with van der Waals surface area (Å²) >= 11 is 7.72. The van der Waals surface area contributed by atoms with E-state index in [0.29, 0.717) is 0 Å². The van der Waals surface area contributed by atoms with Crippen molar-refractivity contribution >= 4 is 45.0 Å². The predicted octanol–water partition coefficient (Wildman–Crippen LogP) is 6.74. The monoisotopic (exact) mass is 408 g/mol. The van der Waals surface area contributed by atoms with E-state index in [-0.39, 0.29) is 11.1 Å². The summed E-state index contributed by atoms with van der Waals surface area (Å²) in [6, 6.07) is 18.9. The first-order valence-electron chi connectivity index (χ1n) is 9.36. The van der Waals surface area contributed by atoms with E-state index in [4.69, 9.17) is 23.1 Å². The Morgan fingerprint density at radius 3 is 2.43 bits per heavy atom. The van der Waals surface area contributed by atoms with E-state index < -0.39 is 0 Å². The Morgan fingerprint density at radius 2 is 1.79 bits per heavy atom. The van der Waals surface area contributed by atoms with Crippen molar-refractivity contribution in [2.24, 2.45) is 17.4 Å². The van der Waals surface area contributed by atoms with Crippen LogP contribution in [-0.4, -0.2) is 0 Å². The number of thiophene rings is 1. The quantitative estimate of drug-likeness (QED) is 0.350. The first kappa shape index (κ1) is 20.2. The molecule has 1 unspecified atom stereocenters. The van der Waals surface area contributed by atoms with E-state index in [1.54, 1.807) is 11.3 Å². The molecule has 144 valence electrons. The summed E-state index contributed by atoms with van der Waals surface area (Å²) in [5.41, 5.74) is 16.3. The molecular formula is C24H25ClN2S. The van der Waals surface area contributed by atoms with E-state index >= 15 is 0 Å². The molecule has 1 aromatic heterocycles. The summed E-state index contributed by atoms with van der Waals surface area (Å²) in [7, 11) is 0. The van der Waals surface area contributed by atoms with Crippen LogP contribution in [0.2, 0.25) is 0 Å². The molecule has 2 aromatic carbocycles. The summed E-state index contributed by atoms with van der Waals surface area (Å²) in [5.74, 6) is 0.283. The number of fused-ring (bicyclic) bond motifs is 1. The molecule has 2 nitrogen and oxygen atoms in total. The molecule has 0 aliphatic heterocycles. The van der Waals surface area contributed by atoms with Crippen LogP contribution >= 0.6 is 22.9 Å². The van der Waals surface area contributed by atoms with Gasteiger partial charge in [0, 0.05) is 10.6 Å². The predicted molar refractivity (Wildman–Crippen MR) is 125 cm³/mol. The van der Waals surface area contributed by atoms with Crippen molar-refractivity contribution in [1.29, 1.82) is 0 Å². The van der Waals surface area contributed by atoms with Gasteiger partial charge in [0.05, 0.1) is 5.16 Å². The molecule has 28 heavy (non-hydrogen) atoms. The van der Waals surface area contributed by atoms with E-state index in [1.807, 2.05) is 29.7 Å². The number of halogens is 1. The molecule has 0 aliphatic carbocycles. The van der Waals surface area contributed by atoms with Crippen LogP contribution in [0.15, 0.2) is 82.9 Å². The number of rotatable bonds is 6. The molecule has 0 amide bonds. The average molecular weight is 409 g/mol. The SMILES string of the molecule is CCC(C)C(/C=C(\N)Cl)=C(\C=C(/N)c1cccs1)c1ccc2ccccc2c1. The van der Waals surface area contributed by atoms with Crippen molar-refractivity contribution < 1.29 is 0 Å². The molecule has 0 saturated carbocycles. The van der Waals surface area contributed by atoms with E-state index in [9.17, 15) is 0 Å². The summed E-state index contributed by atoms with van der Waals surface area (Å²) in [6.07, 6.45) is 4.88. The van der Waals surface area contributed by atoms with Crippen LogP contribution in [0.5, 0.6) is 0 Å². The zero-order valence-corrected chi connectivity index (χ0v) is 17.7. The van der Waals surface area contributed by atoms with Gasteiger partial charge in [0.2, 0.25) is 0 Å². The molecule has 1 atom stereocenters. The lowest BCUT2D eigenvalue weighted by Crippen LogP contribution is -2.03. The van der Waals surface area contributed by atoms with E-state index in [0.717, 1.165) is 33.7 Å². The van der Waals surface area contributed by atoms with Crippen molar-refractivity contribution in [2.45, 2.75) is 20.3 Å². The van der Waals surface area contributed by atoms with Gasteiger partial charge in [0.25, 0.3) is 0 Å². The van der Waals surface area contributed by atoms with Crippen LogP contribution in [-0.2, 0) is 0 Å². The lowest BCUT2D eigenvalue weighted by molar-refractivity contribution is 0.672. The second-order valence-corrected chi connectivity index (χ2v) is 8.23. The number of benzene rings is 2. The molecule has 0 fully saturated rings. The fourth-order valence-electron chi connectivity index (χ4n) is 3.21. The number of hydrogen-bond acceptors (Lipinski definition) is 3. The average Bonchev–Trinajstić information content (AvgIpc) is 3.24. The third-order valence-corrected chi connectivity index (χ3v) is 5.94. The fourth-order valence-corrected chi connectivity index (χ4v) is 3.99. The van der Waals surface area contributed by atoms with Crippen molar-refractivity contribution in [3.8, 4) is 0 Å². The minimum absolute atomic E-state index is 0.275. The molecule has 4 N–H and O–H groups in total. The van der Waals surface area contributed by atoms with Crippen LogP contribution < -0.4 is 11.5 Å². The van der Waals surface area contributed by atoms with Crippen molar-refractivity contribution in [2.75, 3.05) is 0 Å². The second kappa shape index (κ2) is 9.13. The number of nitrogens with two attached hydrogens (primary N) is 2. The molecular weight excluding hydrogens is 384 g/mol. The topological polar surface area (TPSA) is 52.0 Å². The Labute approximate surface area is 175 Å². The minimum atomic E-state index is 0.275. The lowest BCUT2D eigenvalue weighted by Gasteiger charge is -2.17. The summed E-state index contributed by atoms with van der Waals surface area (Å²) in [6.45, 7) is 4.34. The van der Waals surface area contributed by atoms with Crippen LogP contribution in [0.25, 0.3) is 22.0 Å². The first-order chi connectivity index (χ1) is 13.5. The van der Waals surface area contributed by atoms with Gasteiger partial charge in [0.15, 0.2) is 0 Å². The Hall–Kier alpha value is -2.49. The van der Waals surface area contributed by atoms with Gasteiger partial charge in [-0.05, 0) is 69.5 Å². The van der Waals surface area contributed by atoms with Crippen LogP contribution in [0.3, 0.4) is 0 Å². The Morgan fingerprint density at radius 1 is 1.04 bits per heavy atom. The van der Waals surface area contributed by atoms with Gasteiger partial charge < -0.3 is 11.5 Å². The standard InChI is InChI=1S/C24H25ClN2S/c1-3-16(2)20(15-24(25)27)21(14-22(26)23-9-6-12-28-23)19-11-10-17-7-4-5-8-18(17)13-19/h4-16H,3,26-27H2,1-2H3/b21-20+,22-14-,24-15-. The maximum Gasteiger partial charge on any atom is 0.0994 e. The van der Waals surface area contributed by atoms with Gasteiger partial charge in [-0.1, -0.05) is 67.9 Å². The van der Waals surface area contributed by atoms with Crippen LogP contribution in [0.1, 0.15) is 30.7 Å². The lowest BCUT2D eigenvalue weighted by atomic mass is 9.88. The highest BCUT2D eigenvalue weighted by molar-refractivity contribution is 7.11. The van der Waals surface area contributed by atoms with Gasteiger partial charge in [-0.2, -0.15) is 0 Å². The van der Waals surface area contributed by atoms with E-state index in [1.165, 1.54) is 10.8 Å². The van der Waals surface area contributed by atoms with Gasteiger partial charge in [-0.3, -0.25) is 0 Å². The maximum absolute atomic E-state index is 6.45. The third-order valence-electron chi connectivity index (χ3n) is 4.91. The van der Waals surface area contributed by atoms with E-state index in [2.05, 4.69) is 56.3 Å². The zero-order valence-electron chi connectivity index (χ0n) is 16.2. The highest BCUT2D eigenvalue weighted by Crippen LogP contribution is 2.32. The summed E-state index contributed by atoms with van der Waals surface area (Å²) in [4.78, 5) is 1.05. The van der Waals surface area contributed by atoms with Crippen molar-refractivity contribution in [1.82, 2.24) is 0 Å². The molecule has 0 aliphatic rings. The minimum Gasteiger partial charge on any atom is -0.398 e. The van der Waals surface area contributed by atoms with Crippen LogP contribution in [0.4, 0.5) is 0 Å². The van der Waals surface area contributed by atoms with Gasteiger partial charge in [0.1, 0.15) is 0 Å². The van der Waals surface area contributed by atoms with Gasteiger partial charge in [-0.15, -0.1) is 11.3 Å².